The minimum atomic E-state index is -6.35. The number of thioether (sulfide) groups is 1. The van der Waals surface area contributed by atoms with E-state index < -0.39 is 110 Å². The van der Waals surface area contributed by atoms with Gasteiger partial charge in [-0.3, -0.25) is 52.1 Å². The van der Waals surface area contributed by atoms with Gasteiger partial charge in [-0.05, 0) is 38.5 Å². The number of rotatable bonds is 34. The molecule has 8 unspecified atom stereocenters. The summed E-state index contributed by atoms with van der Waals surface area (Å²) < 4.78 is 83.5. The minimum absolute atomic E-state index is 0.000168. The highest BCUT2D eigenvalue weighted by Crippen LogP contribution is 2.71. The second kappa shape index (κ2) is 30.6. The third-order valence-corrected chi connectivity index (χ3v) is 21.1. The number of unbranched alkanes of at least 4 members (excludes halogenated alkanes) is 5. The Morgan fingerprint density at radius 3 is 1.79 bits per heavy atom. The number of H-pyrrole nitrogens is 2. The molecule has 0 aliphatic carbocycles. The zero-order valence-electron chi connectivity index (χ0n) is 45.9. The van der Waals surface area contributed by atoms with Crippen molar-refractivity contribution in [3.8, 4) is 0 Å². The summed E-state index contributed by atoms with van der Waals surface area (Å²) in [5.41, 5.74) is 2.01. The molecule has 4 aliphatic rings. The number of anilines is 1. The number of nitrogens with zero attached hydrogens (tertiary/aromatic N) is 4. The molecule has 3 aromatic heterocycles. The zero-order valence-corrected chi connectivity index (χ0v) is 50.3. The van der Waals surface area contributed by atoms with Crippen LogP contribution in [0.5, 0.6) is 0 Å². The Balaban J connectivity index is 0.745. The van der Waals surface area contributed by atoms with Crippen molar-refractivity contribution < 1.29 is 109 Å². The van der Waals surface area contributed by atoms with Crippen LogP contribution in [0.15, 0.2) is 33.0 Å². The van der Waals surface area contributed by atoms with Crippen molar-refractivity contribution in [3.05, 3.63) is 55.4 Å². The number of aromatic amines is 2. The van der Waals surface area contributed by atoms with Gasteiger partial charge in [0.25, 0.3) is 11.1 Å². The van der Waals surface area contributed by atoms with E-state index in [9.17, 15) is 91.8 Å². The molecule has 17 N–H and O–H groups in total. The summed E-state index contributed by atoms with van der Waals surface area (Å²) in [4.78, 5) is 138. The van der Waals surface area contributed by atoms with E-state index in [1.54, 1.807) is 0 Å². The van der Waals surface area contributed by atoms with Gasteiger partial charge in [-0.15, -0.1) is 0 Å². The maximum Gasteiger partial charge on any atom is 0.490 e. The lowest BCUT2D eigenvalue weighted by Gasteiger charge is -2.21. The Labute approximate surface area is 496 Å². The third-order valence-electron chi connectivity index (χ3n) is 13.7. The maximum absolute atomic E-state index is 12.8. The molecule has 486 valence electrons. The molecule has 0 spiro atoms. The Hall–Kier alpha value is -5.08. The molecule has 0 aromatic carbocycles. The summed E-state index contributed by atoms with van der Waals surface area (Å²) >= 11 is 1.85. The van der Waals surface area contributed by atoms with Gasteiger partial charge in [0.05, 0.1) is 37.2 Å². The van der Waals surface area contributed by atoms with E-state index in [0.29, 0.717) is 61.4 Å². The number of fused-ring (bicyclic) bond motifs is 2. The number of carbonyl (C=O) groups excluding carboxylic acids is 4. The number of nitrogens with one attached hydrogen (secondary N) is 7. The van der Waals surface area contributed by atoms with Gasteiger partial charge >= 0.3 is 43.0 Å². The van der Waals surface area contributed by atoms with Crippen LogP contribution >= 0.6 is 43.1 Å². The fourth-order valence-electron chi connectivity index (χ4n) is 9.46. The first kappa shape index (κ1) is 69.4. The van der Waals surface area contributed by atoms with Crippen LogP contribution in [0.2, 0.25) is 0 Å². The van der Waals surface area contributed by atoms with Gasteiger partial charge in [-0.1, -0.05) is 31.4 Å². The smallest absolute Gasteiger partial charge is 0.387 e. The number of phosphoric acid groups is 4. The molecule has 4 aliphatic heterocycles. The van der Waals surface area contributed by atoms with Crippen LogP contribution in [0, 0.1) is 0 Å². The number of phosphoric ester groups is 2. The summed E-state index contributed by atoms with van der Waals surface area (Å²) in [6.07, 6.45) is -2.79. The van der Waals surface area contributed by atoms with Crippen LogP contribution in [-0.4, -0.2) is 185 Å². The minimum Gasteiger partial charge on any atom is -0.387 e. The van der Waals surface area contributed by atoms with Crippen molar-refractivity contribution in [2.45, 2.75) is 143 Å². The molecule has 87 heavy (non-hydrogen) atoms. The number of hydrogen-bond acceptors (Lipinski definition) is 26. The van der Waals surface area contributed by atoms with Gasteiger partial charge in [0.2, 0.25) is 23.7 Å². The van der Waals surface area contributed by atoms with Crippen LogP contribution in [0.3, 0.4) is 0 Å². The molecule has 4 fully saturated rings. The third kappa shape index (κ3) is 20.0. The van der Waals surface area contributed by atoms with Crippen molar-refractivity contribution in [3.63, 3.8) is 0 Å². The second-order valence-corrected chi connectivity index (χ2v) is 27.7. The highest BCUT2D eigenvalue weighted by atomic mass is 32.2. The van der Waals surface area contributed by atoms with Crippen molar-refractivity contribution in [1.82, 2.24) is 55.7 Å². The summed E-state index contributed by atoms with van der Waals surface area (Å²) in [5.74, 6) is 0.127. The molecule has 0 radical (unpaired) electrons. The van der Waals surface area contributed by atoms with E-state index in [1.807, 2.05) is 16.7 Å². The molecule has 15 atom stereocenters. The maximum atomic E-state index is 12.8. The zero-order chi connectivity index (χ0) is 63.4. The number of aliphatic hydroxyl groups excluding tert-OH is 4. The summed E-state index contributed by atoms with van der Waals surface area (Å²) in [6.45, 7) is -1.61. The van der Waals surface area contributed by atoms with E-state index in [2.05, 4.69) is 63.5 Å². The number of nitrogens with two attached hydrogens (primary N) is 1. The van der Waals surface area contributed by atoms with E-state index in [4.69, 9.17) is 15.2 Å². The number of aromatic nitrogens is 6. The predicted molar refractivity (Wildman–Crippen MR) is 299 cm³/mol. The first-order valence-electron chi connectivity index (χ1n) is 27.0. The van der Waals surface area contributed by atoms with Crippen molar-refractivity contribution >= 4 is 90.0 Å². The summed E-state index contributed by atoms with van der Waals surface area (Å²) in [5, 5.41) is 57.1. The van der Waals surface area contributed by atoms with E-state index in [0.717, 1.165) is 54.9 Å². The topological polar surface area (TPSA) is 568 Å². The highest BCUT2D eigenvalue weighted by molar-refractivity contribution is 8.00. The average Bonchev–Trinajstić information content (AvgIpc) is 2.16. The fraction of sp³-hybridized carbons (Fsp3) is 0.659. The first-order chi connectivity index (χ1) is 41.0. The van der Waals surface area contributed by atoms with Crippen molar-refractivity contribution in [1.29, 1.82) is 0 Å². The molecule has 5 amide bonds. The summed E-state index contributed by atoms with van der Waals surface area (Å²) in [7, 11) is -24.5. The van der Waals surface area contributed by atoms with Gasteiger partial charge in [0, 0.05) is 56.1 Å². The fourth-order valence-corrected chi connectivity index (χ4v) is 16.0. The van der Waals surface area contributed by atoms with Gasteiger partial charge in [0.1, 0.15) is 36.6 Å². The molecule has 0 bridgehead atoms. The van der Waals surface area contributed by atoms with E-state index >= 15 is 0 Å². The number of amides is 5. The lowest BCUT2D eigenvalue weighted by atomic mass is 10.0. The number of ether oxygens (including phenoxy) is 2. The largest absolute Gasteiger partial charge is 0.490 e. The lowest BCUT2D eigenvalue weighted by Crippen LogP contribution is -2.38. The van der Waals surface area contributed by atoms with Crippen LogP contribution in [0.4, 0.5) is 10.7 Å². The van der Waals surface area contributed by atoms with Gasteiger partial charge < -0.3 is 81.8 Å². The molecule has 4 saturated heterocycles. The molecule has 7 rings (SSSR count). The molecule has 43 heteroatoms. The van der Waals surface area contributed by atoms with Crippen LogP contribution in [-0.2, 0) is 64.1 Å². The highest BCUT2D eigenvalue weighted by Gasteiger charge is 2.50. The number of imidazole rings is 1. The van der Waals surface area contributed by atoms with Gasteiger partial charge in [-0.2, -0.15) is 29.7 Å². The predicted octanol–water partition coefficient (Wildman–Crippen LogP) is -1.82. The monoisotopic (exact) mass is 1340 g/mol. The molecular formula is C44H68N12O26P4S. The molecule has 3 aromatic rings. The summed E-state index contributed by atoms with van der Waals surface area (Å²) in [6, 6.07) is 0.227. The molecule has 7 heterocycles. The van der Waals surface area contributed by atoms with Gasteiger partial charge in [0.15, 0.2) is 23.6 Å². The first-order valence-corrected chi connectivity index (χ1v) is 34.0. The number of carbonyl (C=O) groups is 4. The standard InChI is InChI=1S/C44H68N12O26P4S/c45-42-52-37-32(39(65)53-42)49-22-56(37)41-36(63)34(61)26(79-41)20-77-84(70,71)81-86(74,75)82-85(72,73)80-83(68,69)76-19-25-33(60)35(62)40(78-25)55-18-23(38(64)54-44(55)67)10-9-17-48-29(58)13-4-2-7-15-46-28(57)12-3-1-8-16-47-30(59)14-6-5-11-27-31-24(21-87-27)50-43(66)51-31/h9-10,18,22,24-27,31,33-36,40-41,60-63H,1-8,11-17,19-21H2,(H,46,57)(H,47,59)(H,48,58)(H,68,69)(H,70,71)(H,72,73)(H,74,75)(H2,50,51,66)(H,54,64,67)(H3,45,52,53,65)/b10-9+/t24-,25-,26-,27-,31-,33?,34?,35?,36?,40-,41-/m1/s1. The molecule has 0 saturated carbocycles. The Morgan fingerprint density at radius 2 is 1.22 bits per heavy atom. The van der Waals surface area contributed by atoms with Gasteiger partial charge in [-0.25, -0.2) is 32.8 Å². The van der Waals surface area contributed by atoms with Crippen LogP contribution < -0.4 is 49.1 Å². The number of urea groups is 1. The molecule has 38 nitrogen and oxygen atoms in total. The van der Waals surface area contributed by atoms with E-state index in [-0.39, 0.29) is 71.5 Å². The van der Waals surface area contributed by atoms with Crippen LogP contribution in [0.25, 0.3) is 17.2 Å². The Morgan fingerprint density at radius 1 is 0.690 bits per heavy atom. The quantitative estimate of drug-likeness (QED) is 0.0178. The van der Waals surface area contributed by atoms with Crippen molar-refractivity contribution in [2.75, 3.05) is 44.3 Å². The van der Waals surface area contributed by atoms with Crippen LogP contribution in [0.1, 0.15) is 95.1 Å². The SMILES string of the molecule is Nc1nc2c(ncn2[C@@H]2O[C@H](COP(=O)(O)OP(=O)(O)OP(=O)(O)OP(=O)(O)OC[C@H]3O[C@@H](n4cc(/C=C/CNC(=O)CCCCCNC(=O)CCCCCNC(=O)CCCC[C@H]5SC[C@H]6NC(=O)N[C@H]65)c(=O)[nH]c4=O)C(O)C3O)C(O)C2O)c(=O)[nH]1. The number of aliphatic hydroxyl groups is 4. The Bertz CT molecular complexity index is 3350. The second-order valence-electron chi connectivity index (χ2n) is 20.2. The number of nitrogen functional groups attached to an aromatic ring is 1. The lowest BCUT2D eigenvalue weighted by molar-refractivity contribution is -0.122. The average molecular weight is 1340 g/mol. The normalized spacial score (nSPS) is 27.2. The number of hydrogen-bond donors (Lipinski definition) is 16. The molecular weight excluding hydrogens is 1270 g/mol. The van der Waals surface area contributed by atoms with Crippen molar-refractivity contribution in [2.24, 2.45) is 0 Å². The Kier molecular flexibility index (Phi) is 24.4. The van der Waals surface area contributed by atoms with E-state index in [1.165, 1.54) is 12.2 Å².